The molecule has 1 saturated heterocycles. The maximum absolute atomic E-state index is 12.8. The van der Waals surface area contributed by atoms with Gasteiger partial charge in [0.15, 0.2) is 0 Å². The van der Waals surface area contributed by atoms with Crippen molar-refractivity contribution in [3.8, 4) is 0 Å². The van der Waals surface area contributed by atoms with Crippen molar-refractivity contribution < 1.29 is 19.0 Å². The molecule has 0 aromatic heterocycles. The zero-order chi connectivity index (χ0) is 25.2. The third-order valence-corrected chi connectivity index (χ3v) is 6.75. The minimum absolute atomic E-state index is 0.0179. The van der Waals surface area contributed by atoms with Gasteiger partial charge in [0.05, 0.1) is 31.3 Å². The zero-order valence-electron chi connectivity index (χ0n) is 22.8. The monoisotopic (exact) mass is 466 g/mol. The summed E-state index contributed by atoms with van der Waals surface area (Å²) in [6.07, 6.45) is 5.22. The van der Waals surface area contributed by atoms with E-state index in [0.717, 1.165) is 52.0 Å². The maximum atomic E-state index is 12.8. The Balaban J connectivity index is 3.18. The average Bonchev–Trinajstić information content (AvgIpc) is 2.78. The number of carbonyl (C=O) groups is 1. The first-order chi connectivity index (χ1) is 15.5. The van der Waals surface area contributed by atoms with Gasteiger partial charge in [0.25, 0.3) is 0 Å². The molecule has 33 heavy (non-hydrogen) atoms. The smallest absolute Gasteiger partial charge is 0.309 e. The number of hydrogen-bond acceptors (Lipinski definition) is 6. The van der Waals surface area contributed by atoms with Crippen molar-refractivity contribution in [2.45, 2.75) is 105 Å². The highest BCUT2D eigenvalue weighted by atomic mass is 16.6. The molecule has 0 radical (unpaired) electrons. The molecule has 0 N–H and O–H groups in total. The quantitative estimate of drug-likeness (QED) is 0.339. The van der Waals surface area contributed by atoms with Crippen LogP contribution in [0.4, 0.5) is 0 Å². The number of methoxy groups -OCH3 is 1. The van der Waals surface area contributed by atoms with E-state index in [1.54, 1.807) is 7.11 Å². The molecule has 3 unspecified atom stereocenters. The molecule has 1 heterocycles. The Morgan fingerprint density at radius 1 is 1.18 bits per heavy atom. The third-order valence-electron chi connectivity index (χ3n) is 6.75. The van der Waals surface area contributed by atoms with Crippen LogP contribution in [0, 0.1) is 5.92 Å². The van der Waals surface area contributed by atoms with Crippen molar-refractivity contribution in [1.82, 2.24) is 9.80 Å². The fourth-order valence-electron chi connectivity index (χ4n) is 4.53. The Kier molecular flexibility index (Phi) is 12.7. The van der Waals surface area contributed by atoms with Gasteiger partial charge in [-0.1, -0.05) is 26.0 Å². The second kappa shape index (κ2) is 14.1. The molecule has 0 aliphatic carbocycles. The van der Waals surface area contributed by atoms with Crippen LogP contribution in [0.5, 0.6) is 0 Å². The average molecular weight is 467 g/mol. The Bertz CT molecular complexity index is 635. The number of esters is 1. The van der Waals surface area contributed by atoms with Gasteiger partial charge in [-0.2, -0.15) is 0 Å². The summed E-state index contributed by atoms with van der Waals surface area (Å²) in [6, 6.07) is 0.315. The van der Waals surface area contributed by atoms with Crippen molar-refractivity contribution in [3.63, 3.8) is 0 Å². The molecule has 0 amide bonds. The first-order valence-electron chi connectivity index (χ1n) is 12.7. The molecule has 0 saturated carbocycles. The largest absolute Gasteiger partial charge is 0.460 e. The van der Waals surface area contributed by atoms with Crippen LogP contribution in [0.3, 0.4) is 0 Å². The molecule has 6 heteroatoms. The summed E-state index contributed by atoms with van der Waals surface area (Å²) in [5.74, 6) is -0.236. The van der Waals surface area contributed by atoms with Gasteiger partial charge in [0.2, 0.25) is 0 Å². The van der Waals surface area contributed by atoms with Gasteiger partial charge in [-0.3, -0.25) is 9.69 Å². The lowest BCUT2D eigenvalue weighted by Crippen LogP contribution is -2.49. The number of nitrogens with zero attached hydrogens (tertiary/aromatic N) is 2. The SMILES string of the molecule is C=CN(/C(=C(/C)CC)C(C)N1CCOCC1)C(CCC(CC)C(=O)OC(C)(C)C)[C@@H](C)OC. The number of ether oxygens (including phenoxy) is 3. The van der Waals surface area contributed by atoms with Crippen molar-refractivity contribution in [2.75, 3.05) is 33.4 Å². The number of allylic oxidation sites excluding steroid dienone is 1. The van der Waals surface area contributed by atoms with E-state index in [0.29, 0.717) is 0 Å². The van der Waals surface area contributed by atoms with Crippen LogP contribution in [-0.4, -0.2) is 73.0 Å². The second-order valence-corrected chi connectivity index (χ2v) is 10.2. The molecule has 0 aromatic carbocycles. The number of morpholine rings is 1. The van der Waals surface area contributed by atoms with E-state index in [4.69, 9.17) is 14.2 Å². The fourth-order valence-corrected chi connectivity index (χ4v) is 4.53. The lowest BCUT2D eigenvalue weighted by Gasteiger charge is -2.43. The van der Waals surface area contributed by atoms with Crippen LogP contribution in [-0.2, 0) is 19.0 Å². The maximum Gasteiger partial charge on any atom is 0.309 e. The van der Waals surface area contributed by atoms with Crippen molar-refractivity contribution >= 4 is 5.97 Å². The second-order valence-electron chi connectivity index (χ2n) is 10.2. The van der Waals surface area contributed by atoms with Crippen LogP contribution in [0.25, 0.3) is 0 Å². The van der Waals surface area contributed by atoms with Crippen LogP contribution in [0.15, 0.2) is 24.0 Å². The molecular formula is C27H50N2O4. The van der Waals surface area contributed by atoms with E-state index < -0.39 is 5.60 Å². The van der Waals surface area contributed by atoms with Gasteiger partial charge in [-0.05, 0) is 73.4 Å². The summed E-state index contributed by atoms with van der Waals surface area (Å²) in [5.41, 5.74) is 2.16. The standard InChI is InChI=1S/C27H50N2O4/c1-11-20(4)25(21(5)28-16-18-32-19-17-28)29(13-3)24(22(6)31-10)15-14-23(12-2)26(30)33-27(7,8)9/h13,21-24H,3,11-12,14-19H2,1-2,4-10H3/b25-20-/t21?,22-,23?,24?/m1/s1. The summed E-state index contributed by atoms with van der Waals surface area (Å²) in [4.78, 5) is 17.6. The van der Waals surface area contributed by atoms with Crippen molar-refractivity contribution in [3.05, 3.63) is 24.0 Å². The lowest BCUT2D eigenvalue weighted by atomic mass is 9.93. The van der Waals surface area contributed by atoms with E-state index in [2.05, 4.69) is 51.0 Å². The number of rotatable bonds is 13. The van der Waals surface area contributed by atoms with Crippen LogP contribution >= 0.6 is 0 Å². The van der Waals surface area contributed by atoms with Gasteiger partial charge >= 0.3 is 5.97 Å². The van der Waals surface area contributed by atoms with E-state index >= 15 is 0 Å². The summed E-state index contributed by atoms with van der Waals surface area (Å²) >= 11 is 0. The summed E-state index contributed by atoms with van der Waals surface area (Å²) < 4.78 is 17.1. The Morgan fingerprint density at radius 2 is 1.79 bits per heavy atom. The van der Waals surface area contributed by atoms with Crippen molar-refractivity contribution in [2.24, 2.45) is 5.92 Å². The van der Waals surface area contributed by atoms with Gasteiger partial charge < -0.3 is 19.1 Å². The highest BCUT2D eigenvalue weighted by Gasteiger charge is 2.33. The summed E-state index contributed by atoms with van der Waals surface area (Å²) in [6.45, 7) is 24.2. The van der Waals surface area contributed by atoms with Crippen LogP contribution < -0.4 is 0 Å². The lowest BCUT2D eigenvalue weighted by molar-refractivity contribution is -0.160. The number of carbonyl (C=O) groups excluding carboxylic acids is 1. The topological polar surface area (TPSA) is 51.2 Å². The van der Waals surface area contributed by atoms with E-state index in [1.807, 2.05) is 27.0 Å². The van der Waals surface area contributed by atoms with Crippen LogP contribution in [0.1, 0.15) is 81.1 Å². The normalized spacial score (nSPS) is 19.8. The minimum Gasteiger partial charge on any atom is -0.460 e. The Hall–Kier alpha value is -1.37. The zero-order valence-corrected chi connectivity index (χ0v) is 22.8. The highest BCUT2D eigenvalue weighted by molar-refractivity contribution is 5.72. The van der Waals surface area contributed by atoms with E-state index in [-0.39, 0.29) is 30.1 Å². The van der Waals surface area contributed by atoms with Gasteiger partial charge in [-0.25, -0.2) is 0 Å². The van der Waals surface area contributed by atoms with Crippen LogP contribution in [0.2, 0.25) is 0 Å². The third kappa shape index (κ3) is 9.06. The molecule has 192 valence electrons. The molecule has 1 rings (SSSR count). The first kappa shape index (κ1) is 29.7. The Labute approximate surface area is 203 Å². The minimum atomic E-state index is -0.474. The number of hydrogen-bond donors (Lipinski definition) is 0. The predicted octanol–water partition coefficient (Wildman–Crippen LogP) is 5.39. The molecule has 0 aromatic rings. The predicted molar refractivity (Wildman–Crippen MR) is 136 cm³/mol. The summed E-state index contributed by atoms with van der Waals surface area (Å²) in [7, 11) is 1.76. The molecule has 0 bridgehead atoms. The fraction of sp³-hybridized carbons (Fsp3) is 0.815. The molecule has 6 nitrogen and oxygen atoms in total. The van der Waals surface area contributed by atoms with Gasteiger partial charge in [0, 0.05) is 31.9 Å². The van der Waals surface area contributed by atoms with E-state index in [9.17, 15) is 4.79 Å². The molecule has 0 spiro atoms. The molecule has 1 fully saturated rings. The molecular weight excluding hydrogens is 416 g/mol. The van der Waals surface area contributed by atoms with Gasteiger partial charge in [-0.15, -0.1) is 0 Å². The summed E-state index contributed by atoms with van der Waals surface area (Å²) in [5, 5.41) is 0. The molecule has 1 aliphatic heterocycles. The van der Waals surface area contributed by atoms with E-state index in [1.165, 1.54) is 11.3 Å². The van der Waals surface area contributed by atoms with Gasteiger partial charge in [0.1, 0.15) is 5.60 Å². The highest BCUT2D eigenvalue weighted by Crippen LogP contribution is 2.30. The molecule has 1 aliphatic rings. The Morgan fingerprint density at radius 3 is 2.24 bits per heavy atom. The molecule has 4 atom stereocenters. The van der Waals surface area contributed by atoms with Crippen molar-refractivity contribution in [1.29, 1.82) is 0 Å². The first-order valence-corrected chi connectivity index (χ1v) is 12.7.